The molecule has 0 saturated carbocycles. The second-order valence-corrected chi connectivity index (χ2v) is 8.95. The van der Waals surface area contributed by atoms with Crippen molar-refractivity contribution in [3.05, 3.63) is 54.2 Å². The molecule has 2 aromatic rings. The molecule has 2 heterocycles. The number of furan rings is 1. The summed E-state index contributed by atoms with van der Waals surface area (Å²) in [6, 6.07) is 7.90. The third-order valence-electron chi connectivity index (χ3n) is 4.99. The van der Waals surface area contributed by atoms with Gasteiger partial charge in [-0.05, 0) is 37.1 Å². The van der Waals surface area contributed by atoms with Gasteiger partial charge < -0.3 is 14.6 Å². The highest BCUT2D eigenvalue weighted by molar-refractivity contribution is 7.89. The minimum absolute atomic E-state index is 0.100. The Kier molecular flexibility index (Phi) is 6.17. The largest absolute Gasteiger partial charge is 0.463 e. The van der Waals surface area contributed by atoms with Crippen molar-refractivity contribution in [3.8, 4) is 0 Å². The number of amides is 1. The van der Waals surface area contributed by atoms with E-state index >= 15 is 0 Å². The first-order valence-electron chi connectivity index (χ1n) is 9.20. The van der Waals surface area contributed by atoms with Crippen molar-refractivity contribution < 1.29 is 26.9 Å². The van der Waals surface area contributed by atoms with Crippen LogP contribution in [-0.4, -0.2) is 51.9 Å². The summed E-state index contributed by atoms with van der Waals surface area (Å²) in [7, 11) is -0.191. The Morgan fingerprint density at radius 1 is 1.32 bits per heavy atom. The van der Waals surface area contributed by atoms with Gasteiger partial charge in [-0.1, -0.05) is 12.1 Å². The molecule has 0 unspecified atom stereocenters. The molecular weight excluding hydrogens is 385 g/mol. The predicted molar refractivity (Wildman–Crippen MR) is 101 cm³/mol. The molecule has 0 aliphatic carbocycles. The smallest absolute Gasteiger partial charge is 0.246 e. The minimum Gasteiger partial charge on any atom is -0.463 e. The van der Waals surface area contributed by atoms with E-state index in [2.05, 4.69) is 5.32 Å². The van der Waals surface area contributed by atoms with Crippen LogP contribution in [0, 0.1) is 5.82 Å². The molecule has 1 aliphatic heterocycles. The maximum absolute atomic E-state index is 14.0. The lowest BCUT2D eigenvalue weighted by atomic mass is 10.2. The molecular formula is C19H25FN3O4S+. The molecule has 0 bridgehead atoms. The molecule has 1 aliphatic rings. The Hall–Kier alpha value is -2.23. The second-order valence-electron chi connectivity index (χ2n) is 7.09. The molecule has 3 rings (SSSR count). The van der Waals surface area contributed by atoms with Crippen molar-refractivity contribution >= 4 is 15.9 Å². The third kappa shape index (κ3) is 4.11. The van der Waals surface area contributed by atoms with Crippen molar-refractivity contribution in [1.29, 1.82) is 0 Å². The Balaban J connectivity index is 1.74. The third-order valence-corrected chi connectivity index (χ3v) is 6.94. The van der Waals surface area contributed by atoms with Gasteiger partial charge in [0.15, 0.2) is 11.8 Å². The SMILES string of the molecule is C[NH+](C)[C@H](CNC(=O)[C@H]1CCCN1S(=O)(=O)c1ccccc1F)c1ccco1. The summed E-state index contributed by atoms with van der Waals surface area (Å²) in [5, 5.41) is 2.84. The van der Waals surface area contributed by atoms with Crippen LogP contribution in [0.15, 0.2) is 52.0 Å². The first kappa shape index (κ1) is 20.5. The molecule has 0 radical (unpaired) electrons. The number of carbonyl (C=O) groups excluding carboxylic acids is 1. The zero-order valence-corrected chi connectivity index (χ0v) is 16.7. The first-order chi connectivity index (χ1) is 13.3. The Labute approximate surface area is 164 Å². The molecule has 7 nitrogen and oxygen atoms in total. The Bertz CT molecular complexity index is 915. The Morgan fingerprint density at radius 2 is 2.07 bits per heavy atom. The van der Waals surface area contributed by atoms with E-state index in [1.165, 1.54) is 18.2 Å². The van der Waals surface area contributed by atoms with Crippen LogP contribution in [-0.2, 0) is 14.8 Å². The van der Waals surface area contributed by atoms with Gasteiger partial charge in [-0.25, -0.2) is 12.8 Å². The van der Waals surface area contributed by atoms with Crippen molar-refractivity contribution in [1.82, 2.24) is 9.62 Å². The van der Waals surface area contributed by atoms with Gasteiger partial charge in [0.2, 0.25) is 15.9 Å². The van der Waals surface area contributed by atoms with Gasteiger partial charge in [0.1, 0.15) is 16.8 Å². The summed E-state index contributed by atoms with van der Waals surface area (Å²) in [6.45, 7) is 0.494. The highest BCUT2D eigenvalue weighted by Gasteiger charge is 2.40. The molecule has 28 heavy (non-hydrogen) atoms. The van der Waals surface area contributed by atoms with Crippen LogP contribution >= 0.6 is 0 Å². The molecule has 1 fully saturated rings. The van der Waals surface area contributed by atoms with Crippen LogP contribution in [0.5, 0.6) is 0 Å². The summed E-state index contributed by atoms with van der Waals surface area (Å²) >= 11 is 0. The molecule has 9 heteroatoms. The average molecular weight is 410 g/mol. The normalized spacial score (nSPS) is 19.1. The summed E-state index contributed by atoms with van der Waals surface area (Å²) < 4.78 is 46.4. The number of halogens is 1. The lowest BCUT2D eigenvalue weighted by Crippen LogP contribution is -3.07. The number of likely N-dealkylation sites (N-methyl/N-ethyl adjacent to an activating group) is 1. The van der Waals surface area contributed by atoms with Crippen LogP contribution in [0.1, 0.15) is 24.6 Å². The summed E-state index contributed by atoms with van der Waals surface area (Å²) in [5.41, 5.74) is 0. The van der Waals surface area contributed by atoms with Crippen molar-refractivity contribution in [2.75, 3.05) is 27.2 Å². The predicted octanol–water partition coefficient (Wildman–Crippen LogP) is 0.574. The molecule has 1 amide bonds. The molecule has 152 valence electrons. The fourth-order valence-corrected chi connectivity index (χ4v) is 5.19. The summed E-state index contributed by atoms with van der Waals surface area (Å²) in [6.07, 6.45) is 2.53. The quantitative estimate of drug-likeness (QED) is 0.699. The lowest BCUT2D eigenvalue weighted by molar-refractivity contribution is -0.891. The number of nitrogens with one attached hydrogen (secondary N) is 2. The first-order valence-corrected chi connectivity index (χ1v) is 10.6. The molecule has 2 atom stereocenters. The van der Waals surface area contributed by atoms with E-state index in [-0.39, 0.29) is 18.5 Å². The molecule has 1 aromatic carbocycles. The number of sulfonamides is 1. The Morgan fingerprint density at radius 3 is 2.71 bits per heavy atom. The van der Waals surface area contributed by atoms with Crippen molar-refractivity contribution in [2.45, 2.75) is 29.8 Å². The van der Waals surface area contributed by atoms with E-state index in [4.69, 9.17) is 4.42 Å². The van der Waals surface area contributed by atoms with Gasteiger partial charge in [-0.15, -0.1) is 0 Å². The fraction of sp³-hybridized carbons (Fsp3) is 0.421. The van der Waals surface area contributed by atoms with Crippen LogP contribution in [0.2, 0.25) is 0 Å². The number of quaternary nitrogens is 1. The zero-order valence-electron chi connectivity index (χ0n) is 15.9. The zero-order chi connectivity index (χ0) is 20.3. The van der Waals surface area contributed by atoms with Gasteiger partial charge in [-0.2, -0.15) is 4.31 Å². The number of carbonyl (C=O) groups is 1. The topological polar surface area (TPSA) is 84.1 Å². The van der Waals surface area contributed by atoms with Crippen LogP contribution in [0.3, 0.4) is 0 Å². The maximum atomic E-state index is 14.0. The minimum atomic E-state index is -4.09. The molecule has 2 N–H and O–H groups in total. The van der Waals surface area contributed by atoms with Gasteiger partial charge in [-0.3, -0.25) is 4.79 Å². The second kappa shape index (κ2) is 8.42. The van der Waals surface area contributed by atoms with E-state index in [9.17, 15) is 17.6 Å². The fourth-order valence-electron chi connectivity index (χ4n) is 3.47. The van der Waals surface area contributed by atoms with E-state index in [0.717, 1.165) is 21.0 Å². The number of rotatable bonds is 7. The number of hydrogen-bond acceptors (Lipinski definition) is 4. The van der Waals surface area contributed by atoms with Crippen LogP contribution < -0.4 is 10.2 Å². The molecule has 1 aromatic heterocycles. The number of benzene rings is 1. The van der Waals surface area contributed by atoms with Gasteiger partial charge in [0.25, 0.3) is 0 Å². The standard InChI is InChI=1S/C19H24FN3O4S/c1-22(2)16(17-9-6-12-27-17)13-21-19(24)15-8-5-11-23(15)28(25,26)18-10-4-3-7-14(18)20/h3-4,6-7,9-10,12,15-16H,5,8,11,13H2,1-2H3,(H,21,24)/p+1/t15-,16-/m1/s1. The van der Waals surface area contributed by atoms with E-state index in [1.807, 2.05) is 20.2 Å². The van der Waals surface area contributed by atoms with E-state index < -0.39 is 26.8 Å². The monoisotopic (exact) mass is 410 g/mol. The van der Waals surface area contributed by atoms with Crippen LogP contribution in [0.25, 0.3) is 0 Å². The van der Waals surface area contributed by atoms with E-state index in [1.54, 1.807) is 12.3 Å². The highest BCUT2D eigenvalue weighted by atomic mass is 32.2. The summed E-state index contributed by atoms with van der Waals surface area (Å²) in [5.74, 6) is -0.458. The summed E-state index contributed by atoms with van der Waals surface area (Å²) in [4.78, 5) is 13.4. The van der Waals surface area contributed by atoms with Gasteiger partial charge in [0.05, 0.1) is 26.9 Å². The average Bonchev–Trinajstić information content (AvgIpc) is 3.34. The van der Waals surface area contributed by atoms with Gasteiger partial charge >= 0.3 is 0 Å². The van der Waals surface area contributed by atoms with Crippen LogP contribution in [0.4, 0.5) is 4.39 Å². The number of hydrogen-bond donors (Lipinski definition) is 2. The number of nitrogens with zero attached hydrogens (tertiary/aromatic N) is 1. The van der Waals surface area contributed by atoms with Crippen molar-refractivity contribution in [2.24, 2.45) is 0 Å². The molecule has 1 saturated heterocycles. The highest BCUT2D eigenvalue weighted by Crippen LogP contribution is 2.27. The maximum Gasteiger partial charge on any atom is 0.246 e. The van der Waals surface area contributed by atoms with E-state index in [0.29, 0.717) is 19.4 Å². The lowest BCUT2D eigenvalue weighted by Gasteiger charge is -2.25. The van der Waals surface area contributed by atoms with Gasteiger partial charge in [0, 0.05) is 6.54 Å². The molecule has 0 spiro atoms. The van der Waals surface area contributed by atoms with Crippen molar-refractivity contribution in [3.63, 3.8) is 0 Å².